The molecule has 1 amide bonds. The summed E-state index contributed by atoms with van der Waals surface area (Å²) in [6, 6.07) is 9.75. The maximum atomic E-state index is 13.1. The maximum Gasteiger partial charge on any atom is 0.307 e. The van der Waals surface area contributed by atoms with Crippen LogP contribution in [0.2, 0.25) is 15.1 Å². The lowest BCUT2D eigenvalue weighted by Gasteiger charge is -2.10. The summed E-state index contributed by atoms with van der Waals surface area (Å²) in [5.41, 5.74) is 1.69. The van der Waals surface area contributed by atoms with Gasteiger partial charge >= 0.3 is 5.97 Å². The molecule has 10 heteroatoms. The van der Waals surface area contributed by atoms with Gasteiger partial charge in [0.25, 0.3) is 5.91 Å². The Hall–Kier alpha value is -2.74. The van der Waals surface area contributed by atoms with Crippen LogP contribution >= 0.6 is 34.8 Å². The molecule has 0 aliphatic heterocycles. The fraction of sp³-hybridized carbons (Fsp3) is 0.261. The first-order valence-corrected chi connectivity index (χ1v) is 11.3. The number of amides is 1. The molecule has 2 N–H and O–H groups in total. The molecule has 0 unspecified atom stereocenters. The minimum atomic E-state index is -0.960. The zero-order valence-corrected chi connectivity index (χ0v) is 19.5. The average molecular weight is 510 g/mol. The summed E-state index contributed by atoms with van der Waals surface area (Å²) in [5.74, 6) is -0.188. The van der Waals surface area contributed by atoms with Crippen molar-refractivity contribution in [3.05, 3.63) is 68.4 Å². The average Bonchev–Trinajstić information content (AvgIpc) is 3.50. The highest BCUT2D eigenvalue weighted by atomic mass is 35.5. The van der Waals surface area contributed by atoms with Gasteiger partial charge in [0.05, 0.1) is 23.0 Å². The molecule has 0 radical (unpaired) electrons. The number of carboxylic acids is 1. The van der Waals surface area contributed by atoms with Gasteiger partial charge < -0.3 is 19.7 Å². The van der Waals surface area contributed by atoms with Crippen LogP contribution in [0.4, 0.5) is 0 Å². The van der Waals surface area contributed by atoms with E-state index in [0.717, 1.165) is 12.8 Å². The van der Waals surface area contributed by atoms with Crippen LogP contribution in [0.1, 0.15) is 40.4 Å². The lowest BCUT2D eigenvalue weighted by molar-refractivity contribution is -0.136. The number of ether oxygens (including phenoxy) is 1. The van der Waals surface area contributed by atoms with E-state index in [1.807, 2.05) is 0 Å². The maximum absolute atomic E-state index is 13.1. The number of benzene rings is 2. The topological polar surface area (TPSA) is 102 Å². The van der Waals surface area contributed by atoms with Crippen molar-refractivity contribution in [3.63, 3.8) is 0 Å². The Morgan fingerprint density at radius 3 is 2.58 bits per heavy atom. The van der Waals surface area contributed by atoms with E-state index in [-0.39, 0.29) is 31.4 Å². The normalized spacial score (nSPS) is 13.1. The number of carbonyl (C=O) groups excluding carboxylic acids is 1. The van der Waals surface area contributed by atoms with Crippen molar-refractivity contribution in [2.75, 3.05) is 13.2 Å². The molecule has 1 aliphatic carbocycles. The van der Waals surface area contributed by atoms with Gasteiger partial charge in [0.2, 0.25) is 0 Å². The van der Waals surface area contributed by atoms with Crippen molar-refractivity contribution in [2.24, 2.45) is 0 Å². The number of nitrogens with zero attached hydrogens (tertiary/aromatic N) is 1. The summed E-state index contributed by atoms with van der Waals surface area (Å²) in [5, 5.41) is 17.1. The van der Waals surface area contributed by atoms with E-state index in [0.29, 0.717) is 49.0 Å². The molecule has 172 valence electrons. The Morgan fingerprint density at radius 1 is 1.12 bits per heavy atom. The first-order chi connectivity index (χ1) is 15.8. The van der Waals surface area contributed by atoms with Crippen molar-refractivity contribution >= 4 is 46.7 Å². The van der Waals surface area contributed by atoms with E-state index in [1.54, 1.807) is 36.4 Å². The van der Waals surface area contributed by atoms with Crippen LogP contribution < -0.4 is 10.1 Å². The lowest BCUT2D eigenvalue weighted by Crippen LogP contribution is -2.29. The Morgan fingerprint density at radius 2 is 1.91 bits per heavy atom. The molecule has 1 fully saturated rings. The van der Waals surface area contributed by atoms with Gasteiger partial charge in [-0.25, -0.2) is 0 Å². The number of halogens is 3. The monoisotopic (exact) mass is 508 g/mol. The number of rotatable bonds is 9. The van der Waals surface area contributed by atoms with Crippen LogP contribution in [0.25, 0.3) is 11.3 Å². The van der Waals surface area contributed by atoms with E-state index in [9.17, 15) is 9.59 Å². The fourth-order valence-corrected chi connectivity index (χ4v) is 4.13. The SMILES string of the molecule is O=C(O)Cc1ccc(-c2noc(C3CC3)c2C(=O)NCCOc2ccc(Cl)cc2Cl)c(Cl)c1. The lowest BCUT2D eigenvalue weighted by atomic mass is 10.0. The first kappa shape index (κ1) is 23.4. The van der Waals surface area contributed by atoms with Gasteiger partial charge in [-0.05, 0) is 42.7 Å². The molecular weight excluding hydrogens is 491 g/mol. The zero-order valence-electron chi connectivity index (χ0n) is 17.2. The van der Waals surface area contributed by atoms with Crippen LogP contribution in [0.3, 0.4) is 0 Å². The second kappa shape index (κ2) is 10.0. The molecule has 7 nitrogen and oxygen atoms in total. The van der Waals surface area contributed by atoms with Crippen LogP contribution in [0, 0.1) is 0 Å². The van der Waals surface area contributed by atoms with E-state index >= 15 is 0 Å². The summed E-state index contributed by atoms with van der Waals surface area (Å²) < 4.78 is 11.1. The Labute approximate surface area is 204 Å². The number of aromatic nitrogens is 1. The molecule has 1 heterocycles. The third kappa shape index (κ3) is 5.61. The van der Waals surface area contributed by atoms with Gasteiger partial charge in [0.1, 0.15) is 23.6 Å². The third-order valence-electron chi connectivity index (χ3n) is 5.08. The second-order valence-electron chi connectivity index (χ2n) is 7.61. The molecule has 4 rings (SSSR count). The summed E-state index contributed by atoms with van der Waals surface area (Å²) >= 11 is 18.4. The van der Waals surface area contributed by atoms with Crippen molar-refractivity contribution in [3.8, 4) is 17.0 Å². The summed E-state index contributed by atoms with van der Waals surface area (Å²) in [4.78, 5) is 24.0. The number of nitrogens with one attached hydrogen (secondary N) is 1. The van der Waals surface area contributed by atoms with Gasteiger partial charge in [0.15, 0.2) is 5.76 Å². The quantitative estimate of drug-likeness (QED) is 0.363. The molecule has 2 aromatic carbocycles. The molecule has 33 heavy (non-hydrogen) atoms. The molecule has 1 saturated carbocycles. The van der Waals surface area contributed by atoms with Crippen LogP contribution in [-0.4, -0.2) is 35.3 Å². The highest BCUT2D eigenvalue weighted by Gasteiger charge is 2.35. The largest absolute Gasteiger partial charge is 0.490 e. The summed E-state index contributed by atoms with van der Waals surface area (Å²) in [6.45, 7) is 0.412. The minimum Gasteiger partial charge on any atom is -0.490 e. The number of hydrogen-bond donors (Lipinski definition) is 2. The van der Waals surface area contributed by atoms with Gasteiger partial charge in [-0.3, -0.25) is 9.59 Å². The molecule has 1 aromatic heterocycles. The third-order valence-corrected chi connectivity index (χ3v) is 5.92. The zero-order chi connectivity index (χ0) is 23.5. The molecular formula is C23H19Cl3N2O5. The van der Waals surface area contributed by atoms with Gasteiger partial charge in [-0.2, -0.15) is 0 Å². The number of carboxylic acid groups (broad SMARTS) is 1. The number of hydrogen-bond acceptors (Lipinski definition) is 5. The van der Waals surface area contributed by atoms with Gasteiger partial charge in [-0.1, -0.05) is 52.1 Å². The molecule has 0 saturated heterocycles. The Bertz CT molecular complexity index is 1210. The molecule has 0 spiro atoms. The van der Waals surface area contributed by atoms with Crippen molar-refractivity contribution in [2.45, 2.75) is 25.2 Å². The minimum absolute atomic E-state index is 0.140. The van der Waals surface area contributed by atoms with E-state index in [1.165, 1.54) is 0 Å². The van der Waals surface area contributed by atoms with Crippen LogP contribution in [0.5, 0.6) is 5.75 Å². The highest BCUT2D eigenvalue weighted by Crippen LogP contribution is 2.44. The van der Waals surface area contributed by atoms with Gasteiger partial charge in [0, 0.05) is 16.5 Å². The van der Waals surface area contributed by atoms with E-state index < -0.39 is 5.97 Å². The van der Waals surface area contributed by atoms with Crippen molar-refractivity contribution < 1.29 is 24.0 Å². The standard InChI is InChI=1S/C23H19Cl3N2O5/c24-14-4-6-18(17(26)11-14)32-8-7-27-23(31)20-21(28-33-22(20)13-2-3-13)15-5-1-12(9-16(15)25)10-19(29)30/h1,4-6,9,11,13H,2-3,7-8,10H2,(H,27,31)(H,29,30). The van der Waals surface area contributed by atoms with E-state index in [4.69, 9.17) is 49.2 Å². The summed E-state index contributed by atoms with van der Waals surface area (Å²) in [6.07, 6.45) is 1.67. The van der Waals surface area contributed by atoms with Crippen molar-refractivity contribution in [1.29, 1.82) is 0 Å². The Balaban J connectivity index is 1.49. The molecule has 0 bridgehead atoms. The second-order valence-corrected chi connectivity index (χ2v) is 8.86. The first-order valence-electron chi connectivity index (χ1n) is 10.2. The smallest absolute Gasteiger partial charge is 0.307 e. The molecule has 3 aromatic rings. The summed E-state index contributed by atoms with van der Waals surface area (Å²) in [7, 11) is 0. The van der Waals surface area contributed by atoms with Gasteiger partial charge in [-0.15, -0.1) is 0 Å². The molecule has 1 aliphatic rings. The fourth-order valence-electron chi connectivity index (χ4n) is 3.37. The predicted molar refractivity (Wildman–Crippen MR) is 125 cm³/mol. The molecule has 0 atom stereocenters. The number of carbonyl (C=O) groups is 2. The predicted octanol–water partition coefficient (Wildman–Crippen LogP) is 5.62. The van der Waals surface area contributed by atoms with Crippen LogP contribution in [-0.2, 0) is 11.2 Å². The highest BCUT2D eigenvalue weighted by molar-refractivity contribution is 6.35. The van der Waals surface area contributed by atoms with Crippen LogP contribution in [0.15, 0.2) is 40.9 Å². The van der Waals surface area contributed by atoms with E-state index in [2.05, 4.69) is 10.5 Å². The van der Waals surface area contributed by atoms with Crippen molar-refractivity contribution in [1.82, 2.24) is 10.5 Å². The Kier molecular flexibility index (Phi) is 7.12. The number of aliphatic carboxylic acids is 1.